The van der Waals surface area contributed by atoms with Crippen molar-refractivity contribution in [3.63, 3.8) is 0 Å². The summed E-state index contributed by atoms with van der Waals surface area (Å²) in [7, 11) is 0. The number of carbonyl (C=O) groups excluding carboxylic acids is 1. The van der Waals surface area contributed by atoms with E-state index in [0.29, 0.717) is 16.1 Å². The van der Waals surface area contributed by atoms with Crippen LogP contribution < -0.4 is 5.32 Å². The summed E-state index contributed by atoms with van der Waals surface area (Å²) in [5.74, 6) is 0.215. The molecule has 3 rings (SSSR count). The normalized spacial score (nSPS) is 11.1. The summed E-state index contributed by atoms with van der Waals surface area (Å²) in [5.41, 5.74) is 0.412. The van der Waals surface area contributed by atoms with Gasteiger partial charge in [0.1, 0.15) is 5.69 Å². The van der Waals surface area contributed by atoms with Crippen molar-refractivity contribution in [3.8, 4) is 11.7 Å². The van der Waals surface area contributed by atoms with E-state index < -0.39 is 0 Å². The number of furan rings is 1. The molecule has 0 aliphatic heterocycles. The lowest BCUT2D eigenvalue weighted by Crippen LogP contribution is -2.19. The minimum Gasteiger partial charge on any atom is -0.444 e. The topological polar surface area (TPSA) is 99.0 Å². The highest BCUT2D eigenvalue weighted by molar-refractivity contribution is 9.10. The number of nitrogens with zero attached hydrogens (tertiary/aromatic N) is 4. The van der Waals surface area contributed by atoms with E-state index in [1.807, 2.05) is 13.8 Å². The summed E-state index contributed by atoms with van der Waals surface area (Å²) in [5, 5.41) is 14.2. The minimum absolute atomic E-state index is 0.0102. The molecule has 8 nitrogen and oxygen atoms in total. The van der Waals surface area contributed by atoms with Crippen molar-refractivity contribution >= 4 is 27.9 Å². The molecule has 0 fully saturated rings. The second kappa shape index (κ2) is 5.76. The van der Waals surface area contributed by atoms with E-state index in [2.05, 4.69) is 36.5 Å². The Labute approximate surface area is 133 Å². The fourth-order valence-electron chi connectivity index (χ4n) is 1.87. The van der Waals surface area contributed by atoms with E-state index >= 15 is 0 Å². The van der Waals surface area contributed by atoms with Crippen molar-refractivity contribution in [2.75, 3.05) is 5.32 Å². The van der Waals surface area contributed by atoms with Gasteiger partial charge in [-0.05, 0) is 48.0 Å². The number of rotatable bonds is 4. The van der Waals surface area contributed by atoms with E-state index in [9.17, 15) is 4.79 Å². The van der Waals surface area contributed by atoms with Crippen LogP contribution in [-0.2, 0) is 0 Å². The zero-order valence-corrected chi connectivity index (χ0v) is 13.4. The Balaban J connectivity index is 1.77. The van der Waals surface area contributed by atoms with Gasteiger partial charge in [-0.25, -0.2) is 0 Å². The van der Waals surface area contributed by atoms with E-state index in [0.717, 1.165) is 0 Å². The minimum atomic E-state index is -0.373. The lowest BCUT2D eigenvalue weighted by molar-refractivity contribution is 0.101. The highest BCUT2D eigenvalue weighted by atomic mass is 79.9. The third kappa shape index (κ3) is 2.80. The lowest BCUT2D eigenvalue weighted by Gasteiger charge is -2.09. The predicted molar refractivity (Wildman–Crippen MR) is 80.3 cm³/mol. The molecule has 0 saturated heterocycles. The molecule has 3 aromatic heterocycles. The number of nitrogens with one attached hydrogen (secondary N) is 1. The van der Waals surface area contributed by atoms with Crippen molar-refractivity contribution in [2.24, 2.45) is 0 Å². The Morgan fingerprint density at radius 3 is 2.77 bits per heavy atom. The maximum Gasteiger partial charge on any atom is 0.322 e. The molecule has 9 heteroatoms. The highest BCUT2D eigenvalue weighted by Crippen LogP contribution is 2.25. The summed E-state index contributed by atoms with van der Waals surface area (Å²) >= 11 is 3.19. The third-order valence-corrected chi connectivity index (χ3v) is 3.25. The molecular weight excluding hydrogens is 354 g/mol. The van der Waals surface area contributed by atoms with Crippen LogP contribution in [0, 0.1) is 0 Å². The van der Waals surface area contributed by atoms with Crippen LogP contribution in [0.4, 0.5) is 6.01 Å². The standard InChI is InChI=1S/C13H12BrN5O3/c1-7(2)19-8(5-6-15-19)11(20)16-13-18-17-12(22-13)9-3-4-10(14)21-9/h3-7H,1-2H3,(H,16,18,20). The Kier molecular flexibility index (Phi) is 3.80. The predicted octanol–water partition coefficient (Wildman–Crippen LogP) is 3.12. The van der Waals surface area contributed by atoms with Crippen LogP contribution in [-0.4, -0.2) is 25.9 Å². The van der Waals surface area contributed by atoms with Gasteiger partial charge in [0.05, 0.1) is 0 Å². The zero-order valence-electron chi connectivity index (χ0n) is 11.8. The molecule has 22 heavy (non-hydrogen) atoms. The Bertz CT molecular complexity index is 804. The first-order valence-corrected chi connectivity index (χ1v) is 7.28. The smallest absolute Gasteiger partial charge is 0.322 e. The van der Waals surface area contributed by atoms with Gasteiger partial charge in [-0.1, -0.05) is 5.10 Å². The molecular formula is C13H12BrN5O3. The van der Waals surface area contributed by atoms with Crippen LogP contribution >= 0.6 is 15.9 Å². The van der Waals surface area contributed by atoms with Crippen molar-refractivity contribution in [1.29, 1.82) is 0 Å². The lowest BCUT2D eigenvalue weighted by atomic mass is 10.3. The molecule has 0 unspecified atom stereocenters. The van der Waals surface area contributed by atoms with Gasteiger partial charge >= 0.3 is 6.01 Å². The van der Waals surface area contributed by atoms with Crippen molar-refractivity contribution in [1.82, 2.24) is 20.0 Å². The van der Waals surface area contributed by atoms with Gasteiger partial charge in [-0.3, -0.25) is 14.8 Å². The van der Waals surface area contributed by atoms with Crippen molar-refractivity contribution in [2.45, 2.75) is 19.9 Å². The maximum absolute atomic E-state index is 12.2. The number of hydrogen-bond acceptors (Lipinski definition) is 6. The second-order valence-electron chi connectivity index (χ2n) is 4.73. The van der Waals surface area contributed by atoms with Gasteiger partial charge in [-0.2, -0.15) is 5.10 Å². The molecule has 3 aromatic rings. The zero-order chi connectivity index (χ0) is 15.7. The molecule has 0 spiro atoms. The van der Waals surface area contributed by atoms with Crippen molar-refractivity contribution < 1.29 is 13.6 Å². The maximum atomic E-state index is 12.2. The molecule has 1 N–H and O–H groups in total. The molecule has 114 valence electrons. The average molecular weight is 366 g/mol. The van der Waals surface area contributed by atoms with E-state index in [-0.39, 0.29) is 23.9 Å². The number of anilines is 1. The largest absolute Gasteiger partial charge is 0.444 e. The number of carbonyl (C=O) groups is 1. The van der Waals surface area contributed by atoms with Gasteiger partial charge in [0.15, 0.2) is 10.4 Å². The summed E-state index contributed by atoms with van der Waals surface area (Å²) in [6, 6.07) is 5.06. The van der Waals surface area contributed by atoms with Gasteiger partial charge in [-0.15, -0.1) is 5.10 Å². The van der Waals surface area contributed by atoms with E-state index in [1.54, 1.807) is 29.1 Å². The van der Waals surface area contributed by atoms with Gasteiger partial charge in [0.25, 0.3) is 11.8 Å². The van der Waals surface area contributed by atoms with Crippen LogP contribution in [0.25, 0.3) is 11.7 Å². The van der Waals surface area contributed by atoms with Crippen LogP contribution in [0.15, 0.2) is 37.9 Å². The SMILES string of the molecule is CC(C)n1nccc1C(=O)Nc1nnc(-c2ccc(Br)o2)o1. The molecule has 0 radical (unpaired) electrons. The molecule has 0 aliphatic carbocycles. The fourth-order valence-corrected chi connectivity index (χ4v) is 2.18. The summed E-state index contributed by atoms with van der Waals surface area (Å²) in [6.45, 7) is 3.87. The summed E-state index contributed by atoms with van der Waals surface area (Å²) in [4.78, 5) is 12.2. The number of halogens is 1. The number of hydrogen-bond donors (Lipinski definition) is 1. The van der Waals surface area contributed by atoms with Crippen LogP contribution in [0.5, 0.6) is 0 Å². The van der Waals surface area contributed by atoms with Gasteiger partial charge in [0.2, 0.25) is 0 Å². The monoisotopic (exact) mass is 365 g/mol. The summed E-state index contributed by atoms with van der Waals surface area (Å²) < 4.78 is 12.8. The first-order valence-electron chi connectivity index (χ1n) is 6.48. The first kappa shape index (κ1) is 14.5. The molecule has 0 bridgehead atoms. The van der Waals surface area contributed by atoms with Gasteiger partial charge in [0, 0.05) is 12.2 Å². The molecule has 0 aromatic carbocycles. The quantitative estimate of drug-likeness (QED) is 0.762. The van der Waals surface area contributed by atoms with Crippen molar-refractivity contribution in [3.05, 3.63) is 34.8 Å². The van der Waals surface area contributed by atoms with E-state index in [1.165, 1.54) is 0 Å². The molecule has 0 aliphatic rings. The molecule has 0 saturated carbocycles. The highest BCUT2D eigenvalue weighted by Gasteiger charge is 2.18. The second-order valence-corrected chi connectivity index (χ2v) is 5.51. The molecule has 0 atom stereocenters. The molecule has 1 amide bonds. The Hall–Kier alpha value is -2.42. The first-order chi connectivity index (χ1) is 10.5. The Morgan fingerprint density at radius 2 is 2.09 bits per heavy atom. The Morgan fingerprint density at radius 1 is 1.27 bits per heavy atom. The van der Waals surface area contributed by atoms with Crippen LogP contribution in [0.3, 0.4) is 0 Å². The number of aromatic nitrogens is 4. The van der Waals surface area contributed by atoms with Crippen LogP contribution in [0.1, 0.15) is 30.4 Å². The van der Waals surface area contributed by atoms with E-state index in [4.69, 9.17) is 8.83 Å². The fraction of sp³-hybridized carbons (Fsp3) is 0.231. The van der Waals surface area contributed by atoms with Crippen LogP contribution in [0.2, 0.25) is 0 Å². The van der Waals surface area contributed by atoms with Gasteiger partial charge < -0.3 is 8.83 Å². The third-order valence-electron chi connectivity index (χ3n) is 2.82. The summed E-state index contributed by atoms with van der Waals surface area (Å²) in [6.07, 6.45) is 1.56. The molecule has 3 heterocycles. The average Bonchev–Trinajstić information content (AvgIpc) is 3.16. The number of amides is 1.